The molecule has 2 aromatic carbocycles. The lowest BCUT2D eigenvalue weighted by atomic mass is 10.2. The van der Waals surface area contributed by atoms with E-state index in [2.05, 4.69) is 5.32 Å². The summed E-state index contributed by atoms with van der Waals surface area (Å²) in [5, 5.41) is 11.4. The molecule has 1 amide bonds. The number of carbonyl (C=O) groups excluding carboxylic acids is 1. The summed E-state index contributed by atoms with van der Waals surface area (Å²) >= 11 is 0. The topological polar surface area (TPSA) is 62.1 Å². The van der Waals surface area contributed by atoms with E-state index in [1.807, 2.05) is 6.07 Å². The van der Waals surface area contributed by atoms with Gasteiger partial charge < -0.3 is 10.1 Å². The van der Waals surface area contributed by atoms with Crippen molar-refractivity contribution in [3.8, 4) is 11.8 Å². The minimum atomic E-state index is -0.475. The first-order chi connectivity index (χ1) is 10.1. The van der Waals surface area contributed by atoms with Gasteiger partial charge in [-0.15, -0.1) is 0 Å². The van der Waals surface area contributed by atoms with E-state index in [1.54, 1.807) is 43.3 Å². The average molecular weight is 284 g/mol. The number of halogens is 1. The van der Waals surface area contributed by atoms with Gasteiger partial charge in [-0.3, -0.25) is 4.79 Å². The summed E-state index contributed by atoms with van der Waals surface area (Å²) in [5.74, 6) is -0.862. The normalized spacial score (nSPS) is 9.76. The Hall–Kier alpha value is -2.87. The van der Waals surface area contributed by atoms with Gasteiger partial charge in [0, 0.05) is 5.69 Å². The predicted molar refractivity (Wildman–Crippen MR) is 76.4 cm³/mol. The van der Waals surface area contributed by atoms with Crippen molar-refractivity contribution in [2.45, 2.75) is 6.92 Å². The maximum Gasteiger partial charge on any atom is 0.262 e. The number of rotatable bonds is 4. The number of nitriles is 1. The van der Waals surface area contributed by atoms with Crippen molar-refractivity contribution in [3.05, 3.63) is 59.4 Å². The second kappa shape index (κ2) is 6.53. The molecule has 0 heterocycles. The van der Waals surface area contributed by atoms with Gasteiger partial charge in [-0.2, -0.15) is 5.26 Å². The fraction of sp³-hybridized carbons (Fsp3) is 0.125. The molecule has 0 atom stereocenters. The van der Waals surface area contributed by atoms with Crippen LogP contribution in [0.4, 0.5) is 10.1 Å². The zero-order valence-corrected chi connectivity index (χ0v) is 11.4. The average Bonchev–Trinajstić information content (AvgIpc) is 2.49. The van der Waals surface area contributed by atoms with Crippen LogP contribution in [0.5, 0.6) is 5.75 Å². The van der Waals surface area contributed by atoms with E-state index < -0.39 is 11.7 Å². The first-order valence-corrected chi connectivity index (χ1v) is 6.28. The molecule has 5 heteroatoms. The highest BCUT2D eigenvalue weighted by Gasteiger charge is 2.09. The maximum atomic E-state index is 13.7. The molecule has 1 N–H and O–H groups in total. The van der Waals surface area contributed by atoms with Gasteiger partial charge in [-0.25, -0.2) is 4.39 Å². The molecule has 0 saturated heterocycles. The van der Waals surface area contributed by atoms with Gasteiger partial charge in [0.1, 0.15) is 0 Å². The van der Waals surface area contributed by atoms with Crippen molar-refractivity contribution in [1.29, 1.82) is 5.26 Å². The van der Waals surface area contributed by atoms with E-state index in [-0.39, 0.29) is 12.4 Å². The minimum absolute atomic E-state index is 0.0379. The van der Waals surface area contributed by atoms with Crippen molar-refractivity contribution in [3.63, 3.8) is 0 Å². The minimum Gasteiger partial charge on any atom is -0.481 e. The number of aryl methyl sites for hydroxylation is 1. The van der Waals surface area contributed by atoms with Gasteiger partial charge in [0.05, 0.1) is 11.6 Å². The lowest BCUT2D eigenvalue weighted by molar-refractivity contribution is -0.118. The number of nitrogens with zero attached hydrogens (tertiary/aromatic N) is 1. The van der Waals surface area contributed by atoms with E-state index in [4.69, 9.17) is 10.00 Å². The van der Waals surface area contributed by atoms with Crippen molar-refractivity contribution >= 4 is 11.6 Å². The molecule has 2 aromatic rings. The summed E-state index contributed by atoms with van der Waals surface area (Å²) in [6.07, 6.45) is 0. The Morgan fingerprint density at radius 3 is 2.86 bits per heavy atom. The summed E-state index contributed by atoms with van der Waals surface area (Å²) < 4.78 is 18.8. The molecule has 0 radical (unpaired) electrons. The molecule has 2 rings (SSSR count). The molecule has 0 aromatic heterocycles. The molecule has 0 saturated carbocycles. The van der Waals surface area contributed by atoms with Crippen LogP contribution in [0.15, 0.2) is 42.5 Å². The molecule has 0 aliphatic heterocycles. The second-order valence-electron chi connectivity index (χ2n) is 4.42. The third-order valence-corrected chi connectivity index (χ3v) is 2.79. The number of nitrogens with one attached hydrogen (secondary N) is 1. The highest BCUT2D eigenvalue weighted by Crippen LogP contribution is 2.19. The molecule has 106 valence electrons. The monoisotopic (exact) mass is 284 g/mol. The van der Waals surface area contributed by atoms with Gasteiger partial charge in [-0.05, 0) is 36.8 Å². The Morgan fingerprint density at radius 1 is 1.33 bits per heavy atom. The Bertz CT molecular complexity index is 708. The Kier molecular flexibility index (Phi) is 4.52. The van der Waals surface area contributed by atoms with E-state index >= 15 is 0 Å². The third-order valence-electron chi connectivity index (χ3n) is 2.79. The summed E-state index contributed by atoms with van der Waals surface area (Å²) in [5.41, 5.74) is 1.39. The third kappa shape index (κ3) is 3.80. The number of benzene rings is 2. The number of amides is 1. The van der Waals surface area contributed by atoms with Crippen LogP contribution in [0, 0.1) is 24.1 Å². The van der Waals surface area contributed by atoms with Crippen molar-refractivity contribution < 1.29 is 13.9 Å². The number of anilines is 1. The van der Waals surface area contributed by atoms with Crippen molar-refractivity contribution in [2.75, 3.05) is 11.9 Å². The van der Waals surface area contributed by atoms with Gasteiger partial charge in [0.25, 0.3) is 5.91 Å². The van der Waals surface area contributed by atoms with E-state index in [0.29, 0.717) is 16.8 Å². The first kappa shape index (κ1) is 14.5. The molecule has 0 bridgehead atoms. The van der Waals surface area contributed by atoms with Crippen LogP contribution in [0.1, 0.15) is 11.1 Å². The molecule has 0 aliphatic rings. The molecule has 0 aliphatic carbocycles. The quantitative estimate of drug-likeness (QED) is 0.938. The highest BCUT2D eigenvalue weighted by atomic mass is 19.1. The van der Waals surface area contributed by atoms with Gasteiger partial charge in [0.15, 0.2) is 18.2 Å². The molecule has 4 nitrogen and oxygen atoms in total. The number of carbonyl (C=O) groups is 1. The van der Waals surface area contributed by atoms with E-state index in [1.165, 1.54) is 6.07 Å². The van der Waals surface area contributed by atoms with Crippen LogP contribution in [-0.2, 0) is 4.79 Å². The van der Waals surface area contributed by atoms with Crippen LogP contribution in [0.3, 0.4) is 0 Å². The smallest absolute Gasteiger partial charge is 0.262 e. The maximum absolute atomic E-state index is 13.7. The molecule has 0 spiro atoms. The van der Waals surface area contributed by atoms with Crippen molar-refractivity contribution in [2.24, 2.45) is 0 Å². The van der Waals surface area contributed by atoms with Gasteiger partial charge in [0.2, 0.25) is 0 Å². The molecular formula is C16H13FN2O2. The summed E-state index contributed by atoms with van der Waals surface area (Å²) in [4.78, 5) is 11.7. The fourth-order valence-corrected chi connectivity index (χ4v) is 1.74. The number of ether oxygens (including phenoxy) is 1. The first-order valence-electron chi connectivity index (χ1n) is 6.28. The SMILES string of the molecule is Cc1cccc(OCC(=O)Nc2cccc(C#N)c2)c1F. The van der Waals surface area contributed by atoms with Crippen LogP contribution in [-0.4, -0.2) is 12.5 Å². The predicted octanol–water partition coefficient (Wildman–Crippen LogP) is 3.02. The number of hydrogen-bond donors (Lipinski definition) is 1. The standard InChI is InChI=1S/C16H13FN2O2/c1-11-4-2-7-14(16(11)17)21-10-15(20)19-13-6-3-5-12(8-13)9-18/h2-8H,10H2,1H3,(H,19,20). The zero-order valence-electron chi connectivity index (χ0n) is 11.4. The molecular weight excluding hydrogens is 271 g/mol. The molecule has 0 fully saturated rings. The number of hydrogen-bond acceptors (Lipinski definition) is 3. The van der Waals surface area contributed by atoms with Crippen LogP contribution < -0.4 is 10.1 Å². The van der Waals surface area contributed by atoms with E-state index in [0.717, 1.165) is 0 Å². The summed E-state index contributed by atoms with van der Waals surface area (Å²) in [6.45, 7) is 1.31. The fourth-order valence-electron chi connectivity index (χ4n) is 1.74. The lowest BCUT2D eigenvalue weighted by Gasteiger charge is -2.09. The Morgan fingerprint density at radius 2 is 2.10 bits per heavy atom. The van der Waals surface area contributed by atoms with Crippen LogP contribution in [0.25, 0.3) is 0 Å². The van der Waals surface area contributed by atoms with Crippen molar-refractivity contribution in [1.82, 2.24) is 0 Å². The van der Waals surface area contributed by atoms with Gasteiger partial charge in [-0.1, -0.05) is 18.2 Å². The Labute approximate surface area is 121 Å². The summed E-state index contributed by atoms with van der Waals surface area (Å²) in [7, 11) is 0. The highest BCUT2D eigenvalue weighted by molar-refractivity contribution is 5.92. The zero-order chi connectivity index (χ0) is 15.2. The van der Waals surface area contributed by atoms with E-state index in [9.17, 15) is 9.18 Å². The molecule has 21 heavy (non-hydrogen) atoms. The Balaban J connectivity index is 1.96. The van der Waals surface area contributed by atoms with Crippen LogP contribution in [0.2, 0.25) is 0 Å². The second-order valence-corrected chi connectivity index (χ2v) is 4.42. The van der Waals surface area contributed by atoms with Gasteiger partial charge >= 0.3 is 0 Å². The summed E-state index contributed by atoms with van der Waals surface area (Å²) in [6, 6.07) is 13.2. The van der Waals surface area contributed by atoms with Crippen LogP contribution >= 0.6 is 0 Å². The molecule has 0 unspecified atom stereocenters. The lowest BCUT2D eigenvalue weighted by Crippen LogP contribution is -2.20. The largest absolute Gasteiger partial charge is 0.481 e.